The summed E-state index contributed by atoms with van der Waals surface area (Å²) >= 11 is 0. The second kappa shape index (κ2) is 5.96. The van der Waals surface area contributed by atoms with Crippen LogP contribution in [0.2, 0.25) is 0 Å². The highest BCUT2D eigenvalue weighted by atomic mass is 16.6. The molecule has 9 nitrogen and oxygen atoms in total. The number of para-hydroxylation sites is 2. The van der Waals surface area contributed by atoms with Gasteiger partial charge in [-0.25, -0.2) is 0 Å². The van der Waals surface area contributed by atoms with Crippen LogP contribution in [0.15, 0.2) is 29.6 Å². The second-order valence-electron chi connectivity index (χ2n) is 2.08. The molecule has 0 unspecified atom stereocenters. The van der Waals surface area contributed by atoms with E-state index in [4.69, 9.17) is 10.1 Å². The molecule has 0 atom stereocenters. The fourth-order valence-electron chi connectivity index (χ4n) is 0.773. The van der Waals surface area contributed by atoms with Crippen molar-refractivity contribution < 1.29 is 15.1 Å². The predicted octanol–water partition coefficient (Wildman–Crippen LogP) is 1.65. The highest BCUT2D eigenvalue weighted by Gasteiger charge is 2.21. The number of nitro groups is 2. The number of hydrogen-bond acceptors (Lipinski definition) is 6. The largest absolute Gasteiger partial charge is 0.379 e. The summed E-state index contributed by atoms with van der Waals surface area (Å²) in [5.41, 5.74) is -0.968. The van der Waals surface area contributed by atoms with Crippen LogP contribution in [0.25, 0.3) is 0 Å². The number of rotatable bonds is 2. The Morgan fingerprint density at radius 3 is 1.53 bits per heavy atom. The van der Waals surface area contributed by atoms with Gasteiger partial charge in [-0.1, -0.05) is 12.1 Å². The average Bonchev–Trinajstić information content (AvgIpc) is 2.19. The van der Waals surface area contributed by atoms with E-state index in [2.05, 4.69) is 0 Å². The molecule has 1 N–H and O–H groups in total. The van der Waals surface area contributed by atoms with Crippen LogP contribution in [0.5, 0.6) is 0 Å². The van der Waals surface area contributed by atoms with Gasteiger partial charge in [0.1, 0.15) is 0 Å². The van der Waals surface area contributed by atoms with Gasteiger partial charge in [-0.05, 0) is 0 Å². The second-order valence-corrected chi connectivity index (χ2v) is 2.08. The van der Waals surface area contributed by atoms with Gasteiger partial charge in [-0.2, -0.15) is 0 Å². The quantitative estimate of drug-likeness (QED) is 0.452. The lowest BCUT2D eigenvalue weighted by molar-refractivity contribution is -0.422. The van der Waals surface area contributed by atoms with Crippen molar-refractivity contribution in [1.29, 1.82) is 0 Å². The van der Waals surface area contributed by atoms with E-state index >= 15 is 0 Å². The van der Waals surface area contributed by atoms with Gasteiger partial charge in [0, 0.05) is 12.1 Å². The third-order valence-electron chi connectivity index (χ3n) is 1.28. The van der Waals surface area contributed by atoms with Crippen molar-refractivity contribution in [3.63, 3.8) is 0 Å². The highest BCUT2D eigenvalue weighted by molar-refractivity contribution is 5.51. The molecule has 0 fully saturated rings. The standard InChI is InChI=1S/C6H4N2O4.HNO2/c9-7(10)5-3-1-2-4-6(5)8(11)12;2-1-3/h1-4H;(H,2,3). The summed E-state index contributed by atoms with van der Waals surface area (Å²) in [6, 6.07) is 4.95. The zero-order chi connectivity index (χ0) is 11.8. The molecule has 0 bridgehead atoms. The molecule has 1 aromatic rings. The maximum Gasteiger partial charge on any atom is 0.346 e. The first kappa shape index (κ1) is 12.4. The Morgan fingerprint density at radius 1 is 1.07 bits per heavy atom. The molecule has 0 heterocycles. The number of nitrogens with zero attached hydrogens (tertiary/aromatic N) is 3. The minimum atomic E-state index is -0.780. The molecule has 0 aliphatic rings. The van der Waals surface area contributed by atoms with Crippen LogP contribution in [0.3, 0.4) is 0 Å². The minimum Gasteiger partial charge on any atom is -0.379 e. The summed E-state index contributed by atoms with van der Waals surface area (Å²) in [6.45, 7) is 0. The van der Waals surface area contributed by atoms with E-state index in [-0.39, 0.29) is 0 Å². The van der Waals surface area contributed by atoms with Gasteiger partial charge in [-0.3, -0.25) is 20.2 Å². The molecule has 0 spiro atoms. The molecule has 0 radical (unpaired) electrons. The molecular formula is C6H5N3O6. The van der Waals surface area contributed by atoms with Crippen molar-refractivity contribution >= 4 is 11.4 Å². The normalized spacial score (nSPS) is 8.27. The molecule has 9 heteroatoms. The van der Waals surface area contributed by atoms with Crippen LogP contribution >= 0.6 is 0 Å². The smallest absolute Gasteiger partial charge is 0.346 e. The summed E-state index contributed by atoms with van der Waals surface area (Å²) in [5.74, 6) is 0. The Bertz CT molecular complexity index is 346. The van der Waals surface area contributed by atoms with E-state index in [1.54, 1.807) is 0 Å². The minimum absolute atomic E-state index is 0.484. The van der Waals surface area contributed by atoms with Crippen LogP contribution in [0, 0.1) is 25.1 Å². The predicted molar refractivity (Wildman–Crippen MR) is 47.3 cm³/mol. The Kier molecular flexibility index (Phi) is 4.94. The molecule has 1 aromatic carbocycles. The number of benzene rings is 1. The first-order valence-electron chi connectivity index (χ1n) is 3.39. The maximum atomic E-state index is 10.2. The van der Waals surface area contributed by atoms with E-state index in [1.807, 2.05) is 0 Å². The van der Waals surface area contributed by atoms with Crippen LogP contribution < -0.4 is 0 Å². The lowest BCUT2D eigenvalue weighted by Gasteiger charge is -1.91. The van der Waals surface area contributed by atoms with Crippen LogP contribution in [0.4, 0.5) is 11.4 Å². The molecule has 1 rings (SSSR count). The maximum absolute atomic E-state index is 10.2. The molecule has 80 valence electrons. The molecule has 0 aliphatic heterocycles. The molecule has 0 aromatic heterocycles. The fourth-order valence-corrected chi connectivity index (χ4v) is 0.773. The third kappa shape index (κ3) is 3.76. The van der Waals surface area contributed by atoms with Crippen molar-refractivity contribution in [3.8, 4) is 0 Å². The fraction of sp³-hybridized carbons (Fsp3) is 0. The molecule has 0 saturated heterocycles. The van der Waals surface area contributed by atoms with E-state index in [9.17, 15) is 20.2 Å². The summed E-state index contributed by atoms with van der Waals surface area (Å²) < 4.78 is 0. The van der Waals surface area contributed by atoms with Crippen molar-refractivity contribution in [1.82, 2.24) is 0 Å². The molecule has 0 saturated carbocycles. The van der Waals surface area contributed by atoms with E-state index < -0.39 is 21.2 Å². The Hall–Kier alpha value is -2.58. The summed E-state index contributed by atoms with van der Waals surface area (Å²) in [6.07, 6.45) is 0. The van der Waals surface area contributed by atoms with Gasteiger partial charge in [-0.15, -0.1) is 4.91 Å². The van der Waals surface area contributed by atoms with Gasteiger partial charge in [0.25, 0.3) is 0 Å². The molecule has 15 heavy (non-hydrogen) atoms. The molecular weight excluding hydrogens is 210 g/mol. The summed E-state index contributed by atoms with van der Waals surface area (Å²) in [5, 5.41) is 28.3. The van der Waals surface area contributed by atoms with E-state index in [0.717, 1.165) is 12.1 Å². The monoisotopic (exact) mass is 215 g/mol. The van der Waals surface area contributed by atoms with Gasteiger partial charge in [0.05, 0.1) is 9.85 Å². The van der Waals surface area contributed by atoms with Gasteiger partial charge in [0.15, 0.2) is 5.34 Å². The number of hydrogen-bond donors (Lipinski definition) is 1. The van der Waals surface area contributed by atoms with Crippen molar-refractivity contribution in [2.75, 3.05) is 0 Å². The van der Waals surface area contributed by atoms with Gasteiger partial charge < -0.3 is 5.21 Å². The van der Waals surface area contributed by atoms with E-state index in [0.29, 0.717) is 0 Å². The van der Waals surface area contributed by atoms with Gasteiger partial charge >= 0.3 is 11.4 Å². The van der Waals surface area contributed by atoms with Gasteiger partial charge in [0.2, 0.25) is 0 Å². The Balaban J connectivity index is 0.000000583. The lowest BCUT2D eigenvalue weighted by Crippen LogP contribution is -1.95. The lowest BCUT2D eigenvalue weighted by atomic mass is 10.3. The zero-order valence-corrected chi connectivity index (χ0v) is 7.14. The summed E-state index contributed by atoms with van der Waals surface area (Å²) in [7, 11) is 0. The number of nitro benzene ring substituents is 2. The first-order valence-corrected chi connectivity index (χ1v) is 3.39. The Morgan fingerprint density at radius 2 is 1.33 bits per heavy atom. The summed E-state index contributed by atoms with van der Waals surface area (Å²) in [4.78, 5) is 27.0. The topological polar surface area (TPSA) is 136 Å². The average molecular weight is 215 g/mol. The molecule has 0 amide bonds. The Labute approximate surface area is 82.2 Å². The van der Waals surface area contributed by atoms with Crippen molar-refractivity contribution in [3.05, 3.63) is 49.4 Å². The van der Waals surface area contributed by atoms with E-state index in [1.165, 1.54) is 17.5 Å². The van der Waals surface area contributed by atoms with Crippen molar-refractivity contribution in [2.45, 2.75) is 0 Å². The van der Waals surface area contributed by atoms with Crippen LogP contribution in [-0.2, 0) is 0 Å². The molecule has 0 aliphatic carbocycles. The highest BCUT2D eigenvalue weighted by Crippen LogP contribution is 2.24. The van der Waals surface area contributed by atoms with Crippen LogP contribution in [-0.4, -0.2) is 15.1 Å². The van der Waals surface area contributed by atoms with Crippen LogP contribution in [0.1, 0.15) is 0 Å². The third-order valence-corrected chi connectivity index (χ3v) is 1.28. The zero-order valence-electron chi connectivity index (χ0n) is 7.14. The SMILES string of the molecule is O=NO.O=[N+]([O-])c1ccccc1[N+](=O)[O-]. The first-order chi connectivity index (χ1) is 7.04. The van der Waals surface area contributed by atoms with Crippen molar-refractivity contribution in [2.24, 2.45) is 5.34 Å².